The van der Waals surface area contributed by atoms with Crippen molar-refractivity contribution >= 4 is 17.4 Å². The molecule has 1 aliphatic heterocycles. The van der Waals surface area contributed by atoms with Crippen LogP contribution in [-0.2, 0) is 9.53 Å². The molecule has 0 unspecified atom stereocenters. The van der Waals surface area contributed by atoms with Crippen molar-refractivity contribution in [2.75, 3.05) is 36.5 Å². The Hall–Kier alpha value is -3.18. The van der Waals surface area contributed by atoms with E-state index < -0.39 is 0 Å². The maximum Gasteiger partial charge on any atom is 0.225 e. The zero-order valence-electron chi connectivity index (χ0n) is 16.3. The molecular formula is C24H25N3O2. The third-order valence-electron chi connectivity index (χ3n) is 5.16. The molecule has 0 spiro atoms. The van der Waals surface area contributed by atoms with E-state index in [1.165, 1.54) is 0 Å². The summed E-state index contributed by atoms with van der Waals surface area (Å²) in [5, 5.41) is 3.09. The van der Waals surface area contributed by atoms with E-state index in [0.29, 0.717) is 19.6 Å². The van der Waals surface area contributed by atoms with E-state index in [1.807, 2.05) is 48.5 Å². The van der Waals surface area contributed by atoms with E-state index in [4.69, 9.17) is 4.74 Å². The van der Waals surface area contributed by atoms with Gasteiger partial charge in [0.1, 0.15) is 0 Å². The standard InChI is InChI=1S/C24H25N3O2/c28-23(26-22-12-7-13-25-24(22)27-14-16-29-17-15-27)18-21(19-8-3-1-4-9-19)20-10-5-2-6-11-20/h1-13,21H,14-18H2,(H,26,28). The Balaban J connectivity index is 1.53. The zero-order valence-corrected chi connectivity index (χ0v) is 16.3. The lowest BCUT2D eigenvalue weighted by molar-refractivity contribution is -0.116. The second-order valence-corrected chi connectivity index (χ2v) is 7.10. The molecule has 0 atom stereocenters. The first kappa shape index (κ1) is 19.2. The SMILES string of the molecule is O=C(CC(c1ccccc1)c1ccccc1)Nc1cccnc1N1CCOCC1. The van der Waals surface area contributed by atoms with Crippen LogP contribution in [0.3, 0.4) is 0 Å². The van der Waals surface area contributed by atoms with Gasteiger partial charge < -0.3 is 15.0 Å². The quantitative estimate of drug-likeness (QED) is 0.692. The van der Waals surface area contributed by atoms with Crippen molar-refractivity contribution in [3.63, 3.8) is 0 Å². The number of hydrogen-bond donors (Lipinski definition) is 1. The average Bonchev–Trinajstić information content (AvgIpc) is 2.79. The fraction of sp³-hybridized carbons (Fsp3) is 0.250. The van der Waals surface area contributed by atoms with Gasteiger partial charge in [0, 0.05) is 31.6 Å². The Labute approximate surface area is 171 Å². The van der Waals surface area contributed by atoms with Crippen LogP contribution in [0.15, 0.2) is 79.0 Å². The lowest BCUT2D eigenvalue weighted by Gasteiger charge is -2.29. The molecule has 0 radical (unpaired) electrons. The number of anilines is 2. The molecule has 4 rings (SSSR count). The van der Waals surface area contributed by atoms with Gasteiger partial charge >= 0.3 is 0 Å². The molecule has 1 N–H and O–H groups in total. The van der Waals surface area contributed by atoms with Crippen molar-refractivity contribution in [2.45, 2.75) is 12.3 Å². The zero-order chi connectivity index (χ0) is 19.9. The number of ether oxygens (including phenoxy) is 1. The summed E-state index contributed by atoms with van der Waals surface area (Å²) in [7, 11) is 0. The summed E-state index contributed by atoms with van der Waals surface area (Å²) in [6.45, 7) is 2.90. The van der Waals surface area contributed by atoms with Crippen LogP contribution in [0.4, 0.5) is 11.5 Å². The molecule has 1 aliphatic rings. The highest BCUT2D eigenvalue weighted by atomic mass is 16.5. The molecule has 0 bridgehead atoms. The van der Waals surface area contributed by atoms with Crippen molar-refractivity contribution in [1.29, 1.82) is 0 Å². The molecule has 5 nitrogen and oxygen atoms in total. The Morgan fingerprint density at radius 1 is 0.931 bits per heavy atom. The minimum absolute atomic E-state index is 0.000841. The summed E-state index contributed by atoms with van der Waals surface area (Å²) in [5.74, 6) is 0.784. The van der Waals surface area contributed by atoms with Crippen LogP contribution in [0.25, 0.3) is 0 Å². The molecule has 148 valence electrons. The first-order valence-corrected chi connectivity index (χ1v) is 9.99. The maximum atomic E-state index is 13.0. The van der Waals surface area contributed by atoms with Crippen LogP contribution in [0.1, 0.15) is 23.5 Å². The van der Waals surface area contributed by atoms with Gasteiger partial charge in [0.05, 0.1) is 18.9 Å². The highest BCUT2D eigenvalue weighted by molar-refractivity contribution is 5.94. The first-order chi connectivity index (χ1) is 14.3. The normalized spacial score (nSPS) is 14.0. The van der Waals surface area contributed by atoms with Gasteiger partial charge in [-0.1, -0.05) is 60.7 Å². The number of pyridine rings is 1. The van der Waals surface area contributed by atoms with Crippen molar-refractivity contribution in [2.24, 2.45) is 0 Å². The fourth-order valence-corrected chi connectivity index (χ4v) is 3.71. The van der Waals surface area contributed by atoms with Gasteiger partial charge in [-0.05, 0) is 23.3 Å². The van der Waals surface area contributed by atoms with E-state index in [1.54, 1.807) is 6.20 Å². The molecule has 2 aromatic carbocycles. The van der Waals surface area contributed by atoms with Crippen LogP contribution < -0.4 is 10.2 Å². The van der Waals surface area contributed by atoms with Gasteiger partial charge in [0.25, 0.3) is 0 Å². The lowest BCUT2D eigenvalue weighted by atomic mass is 9.88. The summed E-state index contributed by atoms with van der Waals surface area (Å²) >= 11 is 0. The van der Waals surface area contributed by atoms with Crippen LogP contribution in [0, 0.1) is 0 Å². The van der Waals surface area contributed by atoms with Crippen LogP contribution in [0.5, 0.6) is 0 Å². The predicted octanol–water partition coefficient (Wildman–Crippen LogP) is 4.08. The van der Waals surface area contributed by atoms with Gasteiger partial charge in [0.2, 0.25) is 5.91 Å². The number of nitrogens with zero attached hydrogens (tertiary/aromatic N) is 2. The molecule has 29 heavy (non-hydrogen) atoms. The van der Waals surface area contributed by atoms with Gasteiger partial charge in [-0.15, -0.1) is 0 Å². The van der Waals surface area contributed by atoms with Crippen molar-refractivity contribution < 1.29 is 9.53 Å². The second-order valence-electron chi connectivity index (χ2n) is 7.10. The summed E-state index contributed by atoms with van der Waals surface area (Å²) in [4.78, 5) is 19.7. The molecular weight excluding hydrogens is 362 g/mol. The van der Waals surface area contributed by atoms with E-state index in [2.05, 4.69) is 39.5 Å². The van der Waals surface area contributed by atoms with E-state index in [9.17, 15) is 4.79 Å². The Morgan fingerprint density at radius 3 is 2.17 bits per heavy atom. The molecule has 0 saturated carbocycles. The van der Waals surface area contributed by atoms with E-state index >= 15 is 0 Å². The Kier molecular flexibility index (Phi) is 6.17. The van der Waals surface area contributed by atoms with Gasteiger partial charge in [-0.3, -0.25) is 4.79 Å². The van der Waals surface area contributed by atoms with Gasteiger partial charge in [-0.25, -0.2) is 4.98 Å². The molecule has 2 heterocycles. The van der Waals surface area contributed by atoms with E-state index in [0.717, 1.165) is 35.7 Å². The lowest BCUT2D eigenvalue weighted by Crippen LogP contribution is -2.37. The molecule has 5 heteroatoms. The number of rotatable bonds is 6. The van der Waals surface area contributed by atoms with E-state index in [-0.39, 0.29) is 11.8 Å². The number of morpholine rings is 1. The third-order valence-corrected chi connectivity index (χ3v) is 5.16. The number of benzene rings is 2. The predicted molar refractivity (Wildman–Crippen MR) is 115 cm³/mol. The summed E-state index contributed by atoms with van der Waals surface area (Å²) in [6.07, 6.45) is 2.13. The molecule has 3 aromatic rings. The number of carbonyl (C=O) groups is 1. The maximum absolute atomic E-state index is 13.0. The van der Waals surface area contributed by atoms with Crippen molar-refractivity contribution in [1.82, 2.24) is 4.98 Å². The average molecular weight is 387 g/mol. The monoisotopic (exact) mass is 387 g/mol. The molecule has 1 amide bonds. The highest BCUT2D eigenvalue weighted by Crippen LogP contribution is 2.29. The number of carbonyl (C=O) groups excluding carboxylic acids is 1. The highest BCUT2D eigenvalue weighted by Gasteiger charge is 2.21. The van der Waals surface area contributed by atoms with Gasteiger partial charge in [-0.2, -0.15) is 0 Å². The smallest absolute Gasteiger partial charge is 0.225 e. The second kappa shape index (κ2) is 9.34. The summed E-state index contributed by atoms with van der Waals surface area (Å²) in [6, 6.07) is 24.1. The van der Waals surface area contributed by atoms with Crippen molar-refractivity contribution in [3.05, 3.63) is 90.1 Å². The Morgan fingerprint density at radius 2 is 1.55 bits per heavy atom. The molecule has 1 fully saturated rings. The number of amides is 1. The number of aromatic nitrogens is 1. The third kappa shape index (κ3) is 4.81. The van der Waals surface area contributed by atoms with Crippen molar-refractivity contribution in [3.8, 4) is 0 Å². The number of nitrogens with one attached hydrogen (secondary N) is 1. The van der Waals surface area contributed by atoms with Crippen LogP contribution >= 0.6 is 0 Å². The molecule has 1 saturated heterocycles. The Bertz CT molecular complexity index is 886. The molecule has 0 aliphatic carbocycles. The van der Waals surface area contributed by atoms with Crippen LogP contribution in [-0.4, -0.2) is 37.2 Å². The van der Waals surface area contributed by atoms with Crippen LogP contribution in [0.2, 0.25) is 0 Å². The number of hydrogen-bond acceptors (Lipinski definition) is 4. The summed E-state index contributed by atoms with van der Waals surface area (Å²) < 4.78 is 5.44. The van der Waals surface area contributed by atoms with Gasteiger partial charge in [0.15, 0.2) is 5.82 Å². The fourth-order valence-electron chi connectivity index (χ4n) is 3.71. The minimum Gasteiger partial charge on any atom is -0.378 e. The minimum atomic E-state index is -0.0229. The topological polar surface area (TPSA) is 54.5 Å². The first-order valence-electron chi connectivity index (χ1n) is 9.99. The summed E-state index contributed by atoms with van der Waals surface area (Å²) in [5.41, 5.74) is 3.01. The largest absolute Gasteiger partial charge is 0.378 e. The molecule has 1 aromatic heterocycles.